The van der Waals surface area contributed by atoms with Gasteiger partial charge in [-0.25, -0.2) is 4.98 Å². The first kappa shape index (κ1) is 13.3. The number of halogens is 2. The minimum absolute atomic E-state index is 0.0834. The average Bonchev–Trinajstić information content (AvgIpc) is 2.95. The molecule has 0 bridgehead atoms. The van der Waals surface area contributed by atoms with Gasteiger partial charge in [0.25, 0.3) is 5.95 Å². The number of rotatable bonds is 3. The van der Waals surface area contributed by atoms with Crippen molar-refractivity contribution in [2.45, 2.75) is 10.1 Å². The van der Waals surface area contributed by atoms with Gasteiger partial charge in [-0.05, 0) is 35.5 Å². The van der Waals surface area contributed by atoms with E-state index in [4.69, 9.17) is 23.2 Å². The van der Waals surface area contributed by atoms with E-state index in [2.05, 4.69) is 25.0 Å². The van der Waals surface area contributed by atoms with E-state index >= 15 is 0 Å². The van der Waals surface area contributed by atoms with E-state index < -0.39 is 0 Å². The summed E-state index contributed by atoms with van der Waals surface area (Å²) in [6.45, 7) is 0. The van der Waals surface area contributed by atoms with Crippen LogP contribution in [0.2, 0.25) is 10.3 Å². The SMILES string of the molecule is Clc1nc(Sc2ccccc2Cl)nc(-n2cncn2)n1. The second-order valence-electron chi connectivity index (χ2n) is 3.56. The van der Waals surface area contributed by atoms with Crippen LogP contribution in [0.1, 0.15) is 0 Å². The van der Waals surface area contributed by atoms with Gasteiger partial charge in [0, 0.05) is 4.90 Å². The van der Waals surface area contributed by atoms with Crippen LogP contribution in [0.25, 0.3) is 5.95 Å². The molecule has 0 atom stereocenters. The minimum Gasteiger partial charge on any atom is -0.223 e. The van der Waals surface area contributed by atoms with Gasteiger partial charge in [-0.15, -0.1) is 0 Å². The van der Waals surface area contributed by atoms with Gasteiger partial charge in [0.2, 0.25) is 5.28 Å². The summed E-state index contributed by atoms with van der Waals surface area (Å²) in [6, 6.07) is 7.41. The molecule has 0 aliphatic rings. The third kappa shape index (κ3) is 2.90. The third-order valence-electron chi connectivity index (χ3n) is 2.24. The molecule has 0 amide bonds. The van der Waals surface area contributed by atoms with Crippen molar-refractivity contribution in [3.63, 3.8) is 0 Å². The van der Waals surface area contributed by atoms with E-state index in [-0.39, 0.29) is 5.28 Å². The Morgan fingerprint density at radius 2 is 1.90 bits per heavy atom. The molecule has 0 aliphatic carbocycles. The molecule has 0 saturated carbocycles. The number of aromatic nitrogens is 6. The summed E-state index contributed by atoms with van der Waals surface area (Å²) in [6.07, 6.45) is 2.87. The summed E-state index contributed by atoms with van der Waals surface area (Å²) in [5.74, 6) is 0.303. The first-order valence-electron chi connectivity index (χ1n) is 5.41. The summed E-state index contributed by atoms with van der Waals surface area (Å²) in [5, 5.41) is 5.09. The number of nitrogens with zero attached hydrogens (tertiary/aromatic N) is 6. The highest BCUT2D eigenvalue weighted by molar-refractivity contribution is 7.99. The summed E-state index contributed by atoms with van der Waals surface area (Å²) in [5.41, 5.74) is 0. The fourth-order valence-electron chi connectivity index (χ4n) is 1.41. The Morgan fingerprint density at radius 3 is 2.65 bits per heavy atom. The first-order chi connectivity index (χ1) is 9.72. The molecule has 0 saturated heterocycles. The molecule has 0 fully saturated rings. The molecule has 6 nitrogen and oxygen atoms in total. The van der Waals surface area contributed by atoms with Crippen LogP contribution in [0.3, 0.4) is 0 Å². The van der Waals surface area contributed by atoms with Gasteiger partial charge in [-0.3, -0.25) is 0 Å². The van der Waals surface area contributed by atoms with Crippen LogP contribution in [-0.4, -0.2) is 29.7 Å². The zero-order valence-corrected chi connectivity index (χ0v) is 12.1. The molecule has 2 heterocycles. The molecule has 9 heteroatoms. The molecule has 1 aromatic carbocycles. The third-order valence-corrected chi connectivity index (χ3v) is 3.79. The van der Waals surface area contributed by atoms with Crippen LogP contribution in [0, 0.1) is 0 Å². The average molecular weight is 325 g/mol. The van der Waals surface area contributed by atoms with Gasteiger partial charge in [-0.2, -0.15) is 24.7 Å². The van der Waals surface area contributed by atoms with Gasteiger partial charge >= 0.3 is 0 Å². The van der Waals surface area contributed by atoms with Crippen molar-refractivity contribution in [1.29, 1.82) is 0 Å². The fraction of sp³-hybridized carbons (Fsp3) is 0. The van der Waals surface area contributed by atoms with Crippen molar-refractivity contribution >= 4 is 35.0 Å². The van der Waals surface area contributed by atoms with Gasteiger partial charge < -0.3 is 0 Å². The van der Waals surface area contributed by atoms with Gasteiger partial charge in [0.15, 0.2) is 5.16 Å². The lowest BCUT2D eigenvalue weighted by atomic mass is 10.4. The monoisotopic (exact) mass is 324 g/mol. The number of hydrogen-bond acceptors (Lipinski definition) is 6. The second-order valence-corrected chi connectivity index (χ2v) is 5.31. The van der Waals surface area contributed by atoms with E-state index in [0.717, 1.165) is 4.90 Å². The molecule has 20 heavy (non-hydrogen) atoms. The maximum atomic E-state index is 6.10. The molecule has 0 N–H and O–H groups in total. The fourth-order valence-corrected chi connectivity index (χ4v) is 2.63. The quantitative estimate of drug-likeness (QED) is 0.737. The Hall–Kier alpha value is -1.70. The highest BCUT2D eigenvalue weighted by Gasteiger charge is 2.10. The van der Waals surface area contributed by atoms with Crippen LogP contribution in [0.4, 0.5) is 0 Å². The van der Waals surface area contributed by atoms with E-state index in [0.29, 0.717) is 16.1 Å². The van der Waals surface area contributed by atoms with Crippen molar-refractivity contribution in [2.75, 3.05) is 0 Å². The molecule has 0 unspecified atom stereocenters. The van der Waals surface area contributed by atoms with Crippen molar-refractivity contribution in [1.82, 2.24) is 29.7 Å². The molecular formula is C11H6Cl2N6S. The van der Waals surface area contributed by atoms with Crippen molar-refractivity contribution in [2.24, 2.45) is 0 Å². The Balaban J connectivity index is 1.97. The van der Waals surface area contributed by atoms with Gasteiger partial charge in [0.1, 0.15) is 12.7 Å². The largest absolute Gasteiger partial charge is 0.257 e. The summed E-state index contributed by atoms with van der Waals surface area (Å²) in [7, 11) is 0. The normalized spacial score (nSPS) is 10.7. The van der Waals surface area contributed by atoms with Crippen molar-refractivity contribution in [3.8, 4) is 5.95 Å². The second kappa shape index (κ2) is 5.74. The summed E-state index contributed by atoms with van der Waals surface area (Å²) < 4.78 is 1.41. The van der Waals surface area contributed by atoms with E-state index in [1.807, 2.05) is 18.2 Å². The number of benzene rings is 1. The summed E-state index contributed by atoms with van der Waals surface area (Å²) in [4.78, 5) is 17.0. The molecule has 3 aromatic rings. The molecular weight excluding hydrogens is 319 g/mol. The smallest absolute Gasteiger partial charge is 0.223 e. The highest BCUT2D eigenvalue weighted by Crippen LogP contribution is 2.31. The Bertz CT molecular complexity index is 734. The summed E-state index contributed by atoms with van der Waals surface area (Å²) >= 11 is 13.3. The highest BCUT2D eigenvalue weighted by atomic mass is 35.5. The maximum Gasteiger partial charge on any atom is 0.257 e. The zero-order chi connectivity index (χ0) is 13.9. The number of hydrogen-bond donors (Lipinski definition) is 0. The van der Waals surface area contributed by atoms with Crippen LogP contribution in [0.15, 0.2) is 47.0 Å². The maximum absolute atomic E-state index is 6.10. The van der Waals surface area contributed by atoms with Gasteiger partial charge in [0.05, 0.1) is 5.02 Å². The topological polar surface area (TPSA) is 69.4 Å². The Morgan fingerprint density at radius 1 is 1.05 bits per heavy atom. The van der Waals surface area contributed by atoms with Crippen LogP contribution >= 0.6 is 35.0 Å². The molecule has 100 valence electrons. The van der Waals surface area contributed by atoms with E-state index in [1.54, 1.807) is 6.07 Å². The lowest BCUT2D eigenvalue weighted by molar-refractivity contribution is 0.757. The Labute approximate surface area is 128 Å². The van der Waals surface area contributed by atoms with Crippen LogP contribution in [0.5, 0.6) is 0 Å². The standard InChI is InChI=1S/C11H6Cl2N6S/c12-7-3-1-2-4-8(7)20-11-17-9(13)16-10(18-11)19-6-14-5-15-19/h1-6H. The van der Waals surface area contributed by atoms with Crippen LogP contribution in [-0.2, 0) is 0 Å². The molecule has 0 spiro atoms. The Kier molecular flexibility index (Phi) is 3.81. The molecule has 0 aliphatic heterocycles. The zero-order valence-electron chi connectivity index (χ0n) is 9.81. The molecule has 3 rings (SSSR count). The lowest BCUT2D eigenvalue weighted by Crippen LogP contribution is -2.04. The molecule has 0 radical (unpaired) electrons. The first-order valence-corrected chi connectivity index (χ1v) is 6.98. The lowest BCUT2D eigenvalue weighted by Gasteiger charge is -2.04. The van der Waals surface area contributed by atoms with Crippen molar-refractivity contribution < 1.29 is 0 Å². The molecule has 2 aromatic heterocycles. The van der Waals surface area contributed by atoms with Crippen LogP contribution < -0.4 is 0 Å². The predicted octanol–water partition coefficient (Wildman–Crippen LogP) is 2.91. The van der Waals surface area contributed by atoms with Gasteiger partial charge in [-0.1, -0.05) is 23.7 Å². The minimum atomic E-state index is 0.0834. The predicted molar refractivity (Wildman–Crippen MR) is 75.3 cm³/mol. The van der Waals surface area contributed by atoms with E-state index in [1.165, 1.54) is 29.1 Å². The van der Waals surface area contributed by atoms with Crippen molar-refractivity contribution in [3.05, 3.63) is 47.2 Å². The van der Waals surface area contributed by atoms with E-state index in [9.17, 15) is 0 Å².